The number of nitriles is 1. The summed E-state index contributed by atoms with van der Waals surface area (Å²) in [6.45, 7) is 1.27. The fourth-order valence-electron chi connectivity index (χ4n) is 2.38. The van der Waals surface area contributed by atoms with Crippen molar-refractivity contribution < 1.29 is 19.2 Å². The van der Waals surface area contributed by atoms with Crippen LogP contribution >= 0.6 is 0 Å². The van der Waals surface area contributed by atoms with Crippen LogP contribution in [0.3, 0.4) is 0 Å². The van der Waals surface area contributed by atoms with Crippen molar-refractivity contribution in [2.24, 2.45) is 0 Å². The van der Waals surface area contributed by atoms with Crippen LogP contribution < -0.4 is 20.7 Å². The lowest BCUT2D eigenvalue weighted by Gasteiger charge is -2.17. The van der Waals surface area contributed by atoms with Gasteiger partial charge in [0, 0.05) is 24.9 Å². The number of hydrogen-bond donors (Lipinski definition) is 2. The Morgan fingerprint density at radius 3 is 2.59 bits per heavy atom. The molecule has 2 amide bonds. The van der Waals surface area contributed by atoms with E-state index in [1.54, 1.807) is 24.3 Å². The zero-order valence-corrected chi connectivity index (χ0v) is 15.6. The van der Waals surface area contributed by atoms with Crippen LogP contribution in [-0.4, -0.2) is 23.8 Å². The molecule has 0 unspecified atom stereocenters. The minimum atomic E-state index is -0.824. The molecule has 0 spiro atoms. The van der Waals surface area contributed by atoms with Crippen molar-refractivity contribution in [3.63, 3.8) is 0 Å². The van der Waals surface area contributed by atoms with Crippen molar-refractivity contribution in [3.05, 3.63) is 64.4 Å². The molecule has 0 aliphatic carbocycles. The van der Waals surface area contributed by atoms with Crippen LogP contribution in [0.1, 0.15) is 6.92 Å². The number of non-ortho nitro benzene ring substituents is 1. The Morgan fingerprint density at radius 2 is 2.03 bits per heavy atom. The van der Waals surface area contributed by atoms with Crippen molar-refractivity contribution in [1.82, 2.24) is 0 Å². The van der Waals surface area contributed by atoms with Gasteiger partial charge in [0.2, 0.25) is 5.91 Å². The van der Waals surface area contributed by atoms with Crippen molar-refractivity contribution >= 4 is 34.6 Å². The van der Waals surface area contributed by atoms with Gasteiger partial charge in [-0.3, -0.25) is 24.6 Å². The van der Waals surface area contributed by atoms with E-state index in [4.69, 9.17) is 10.5 Å². The van der Waals surface area contributed by atoms with Crippen LogP contribution in [0, 0.1) is 21.4 Å². The van der Waals surface area contributed by atoms with E-state index in [1.807, 2.05) is 0 Å². The number of carbonyl (C=O) groups excluding carboxylic acids is 2. The van der Waals surface area contributed by atoms with Crippen LogP contribution in [-0.2, 0) is 9.59 Å². The maximum absolute atomic E-state index is 12.5. The molecule has 0 saturated heterocycles. The van der Waals surface area contributed by atoms with Crippen LogP contribution in [0.2, 0.25) is 0 Å². The zero-order chi connectivity index (χ0) is 21.6. The highest BCUT2D eigenvalue weighted by molar-refractivity contribution is 6.08. The van der Waals surface area contributed by atoms with E-state index in [0.717, 1.165) is 17.2 Å². The second-order valence-corrected chi connectivity index (χ2v) is 5.73. The van der Waals surface area contributed by atoms with Crippen LogP contribution in [0.5, 0.6) is 5.75 Å². The summed E-state index contributed by atoms with van der Waals surface area (Å²) in [4.78, 5) is 35.9. The van der Waals surface area contributed by atoms with Gasteiger partial charge in [0.1, 0.15) is 17.4 Å². The van der Waals surface area contributed by atoms with E-state index >= 15 is 0 Å². The van der Waals surface area contributed by atoms with Crippen molar-refractivity contribution in [2.75, 3.05) is 23.1 Å². The summed E-state index contributed by atoms with van der Waals surface area (Å²) in [6.07, 6.45) is 1.09. The molecule has 0 aliphatic rings. The number of rotatable bonds is 6. The summed E-state index contributed by atoms with van der Waals surface area (Å²) in [5.74, 6) is -1.22. The van der Waals surface area contributed by atoms with Crippen LogP contribution in [0.4, 0.5) is 22.7 Å². The number of ether oxygens (including phenoxy) is 1. The second kappa shape index (κ2) is 9.01. The van der Waals surface area contributed by atoms with Crippen molar-refractivity contribution in [1.29, 1.82) is 5.26 Å². The number of methoxy groups -OCH3 is 1. The molecule has 0 aliphatic heterocycles. The molecule has 0 atom stereocenters. The molecule has 0 fully saturated rings. The van der Waals surface area contributed by atoms with E-state index in [2.05, 4.69) is 5.32 Å². The summed E-state index contributed by atoms with van der Waals surface area (Å²) in [6, 6.07) is 11.7. The molecule has 0 aromatic heterocycles. The molecule has 2 aromatic carbocycles. The normalized spacial score (nSPS) is 10.6. The van der Waals surface area contributed by atoms with E-state index in [9.17, 15) is 25.0 Å². The van der Waals surface area contributed by atoms with Crippen LogP contribution in [0.25, 0.3) is 0 Å². The van der Waals surface area contributed by atoms with Gasteiger partial charge in [-0.2, -0.15) is 5.26 Å². The minimum absolute atomic E-state index is 0.0455. The van der Waals surface area contributed by atoms with Gasteiger partial charge in [-0.15, -0.1) is 0 Å². The number of carbonyl (C=O) groups is 2. The Labute approximate surface area is 165 Å². The first-order valence-corrected chi connectivity index (χ1v) is 8.18. The van der Waals surface area contributed by atoms with Crippen LogP contribution in [0.15, 0.2) is 54.2 Å². The lowest BCUT2D eigenvalue weighted by atomic mass is 10.2. The Hall–Kier alpha value is -4.39. The first-order chi connectivity index (χ1) is 13.8. The van der Waals surface area contributed by atoms with E-state index in [1.165, 1.54) is 32.2 Å². The number of amides is 2. The van der Waals surface area contributed by atoms with Gasteiger partial charge in [0.05, 0.1) is 29.5 Å². The maximum atomic E-state index is 12.5. The predicted octanol–water partition coefficient (Wildman–Crippen LogP) is 2.58. The lowest BCUT2D eigenvalue weighted by Crippen LogP contribution is -2.25. The minimum Gasteiger partial charge on any atom is -0.494 e. The Morgan fingerprint density at radius 1 is 1.31 bits per heavy atom. The van der Waals surface area contributed by atoms with Gasteiger partial charge in [0.25, 0.3) is 11.6 Å². The average Bonchev–Trinajstić information content (AvgIpc) is 2.68. The molecule has 3 N–H and O–H groups in total. The maximum Gasteiger partial charge on any atom is 0.273 e. The number of anilines is 3. The number of nitrogen functional groups attached to an aromatic ring is 1. The second-order valence-electron chi connectivity index (χ2n) is 5.73. The van der Waals surface area contributed by atoms with E-state index < -0.39 is 16.7 Å². The Kier molecular flexibility index (Phi) is 6.50. The first-order valence-electron chi connectivity index (χ1n) is 8.18. The van der Waals surface area contributed by atoms with Gasteiger partial charge in [-0.1, -0.05) is 6.07 Å². The third kappa shape index (κ3) is 5.08. The highest BCUT2D eigenvalue weighted by Crippen LogP contribution is 2.29. The number of nitrogens with two attached hydrogens (primary N) is 1. The molecule has 2 rings (SSSR count). The molecule has 29 heavy (non-hydrogen) atoms. The Bertz CT molecular complexity index is 1040. The average molecular weight is 395 g/mol. The molecule has 0 saturated carbocycles. The molecule has 0 radical (unpaired) electrons. The standard InChI is InChI=1S/C19H17N5O5/c1-12(25)23(15-5-3-4-14(21)8-15)11-13(10-20)19(26)22-17-7-6-16(24(27)28)9-18(17)29-2/h3-9,11H,21H2,1-2H3,(H,22,26)/b13-11-. The van der Waals surface area contributed by atoms with Gasteiger partial charge in [0.15, 0.2) is 0 Å². The summed E-state index contributed by atoms with van der Waals surface area (Å²) in [5, 5.41) is 22.7. The third-order valence-corrected chi connectivity index (χ3v) is 3.76. The summed E-state index contributed by atoms with van der Waals surface area (Å²) in [5.41, 5.74) is 6.04. The fraction of sp³-hybridized carbons (Fsp3) is 0.105. The van der Waals surface area contributed by atoms with Gasteiger partial charge >= 0.3 is 0 Å². The quantitative estimate of drug-likeness (QED) is 0.251. The number of benzene rings is 2. The molecule has 0 bridgehead atoms. The first kappa shape index (κ1) is 20.9. The van der Waals surface area contributed by atoms with Gasteiger partial charge < -0.3 is 15.8 Å². The van der Waals surface area contributed by atoms with Crippen molar-refractivity contribution in [2.45, 2.75) is 6.92 Å². The molecule has 2 aromatic rings. The summed E-state index contributed by atoms with van der Waals surface area (Å²) in [7, 11) is 1.28. The monoisotopic (exact) mass is 395 g/mol. The van der Waals surface area contributed by atoms with Gasteiger partial charge in [-0.25, -0.2) is 0 Å². The molecular weight excluding hydrogens is 378 g/mol. The number of nitrogens with one attached hydrogen (secondary N) is 1. The van der Waals surface area contributed by atoms with Gasteiger partial charge in [-0.05, 0) is 24.3 Å². The largest absolute Gasteiger partial charge is 0.494 e. The lowest BCUT2D eigenvalue weighted by molar-refractivity contribution is -0.384. The van der Waals surface area contributed by atoms with E-state index in [-0.39, 0.29) is 22.7 Å². The number of nitro groups is 1. The molecular formula is C19H17N5O5. The molecule has 148 valence electrons. The highest BCUT2D eigenvalue weighted by Gasteiger charge is 2.18. The predicted molar refractivity (Wildman–Crippen MR) is 106 cm³/mol. The van der Waals surface area contributed by atoms with E-state index in [0.29, 0.717) is 11.4 Å². The fourth-order valence-corrected chi connectivity index (χ4v) is 2.38. The molecule has 10 heteroatoms. The summed E-state index contributed by atoms with van der Waals surface area (Å²) < 4.78 is 5.05. The number of hydrogen-bond acceptors (Lipinski definition) is 7. The highest BCUT2D eigenvalue weighted by atomic mass is 16.6. The topological polar surface area (TPSA) is 152 Å². The summed E-state index contributed by atoms with van der Waals surface area (Å²) >= 11 is 0. The third-order valence-electron chi connectivity index (χ3n) is 3.76. The molecule has 10 nitrogen and oxygen atoms in total. The smallest absolute Gasteiger partial charge is 0.273 e. The number of nitro benzene ring substituents is 1. The Balaban J connectivity index is 2.35. The zero-order valence-electron chi connectivity index (χ0n) is 15.6. The van der Waals surface area contributed by atoms with Crippen molar-refractivity contribution in [3.8, 4) is 11.8 Å². The SMILES string of the molecule is COc1cc([N+](=O)[O-])ccc1NC(=O)/C(C#N)=C\N(C(C)=O)c1cccc(N)c1. The molecule has 0 heterocycles. The number of nitrogens with zero attached hydrogens (tertiary/aromatic N) is 3.